The molecule has 1 aliphatic heterocycles. The number of ether oxygens (including phenoxy) is 1. The van der Waals surface area contributed by atoms with E-state index in [0.29, 0.717) is 21.5 Å². The quantitative estimate of drug-likeness (QED) is 0.282. The lowest BCUT2D eigenvalue weighted by molar-refractivity contribution is -0.122. The molecule has 1 aliphatic rings. The fraction of sp³-hybridized carbons (Fsp3) is 0.0769. The average molecular weight is 614 g/mol. The van der Waals surface area contributed by atoms with Crippen LogP contribution in [0.2, 0.25) is 0 Å². The summed E-state index contributed by atoms with van der Waals surface area (Å²) in [5, 5.41) is 11.3. The van der Waals surface area contributed by atoms with Gasteiger partial charge in [-0.2, -0.15) is 0 Å². The van der Waals surface area contributed by atoms with Gasteiger partial charge in [-0.3, -0.25) is 14.9 Å². The summed E-state index contributed by atoms with van der Waals surface area (Å²) in [4.78, 5) is 50.4. The third-order valence-corrected chi connectivity index (χ3v) is 6.75. The molecule has 3 aromatic rings. The maximum Gasteiger partial charge on any atom is 0.335 e. The standard InChI is InChI=1S/C26H18Br2N2O6/c1-14-10-19(7-8-21(14)28)30-24(32)20(23(31)29-26(30)35)12-17-11-18(27)6-9-22(17)36-13-15-2-4-16(5-3-15)25(33)34/h2-12H,13H2,1H3,(H,33,34)(H,29,31,35)/b20-12+. The molecule has 1 saturated heterocycles. The van der Waals surface area contributed by atoms with E-state index < -0.39 is 23.8 Å². The highest BCUT2D eigenvalue weighted by Gasteiger charge is 2.37. The van der Waals surface area contributed by atoms with E-state index in [-0.39, 0.29) is 17.7 Å². The van der Waals surface area contributed by atoms with E-state index in [2.05, 4.69) is 37.2 Å². The van der Waals surface area contributed by atoms with E-state index in [0.717, 1.165) is 20.5 Å². The Morgan fingerprint density at radius 1 is 1.03 bits per heavy atom. The molecule has 8 nitrogen and oxygen atoms in total. The van der Waals surface area contributed by atoms with Crippen LogP contribution in [0.15, 0.2) is 75.2 Å². The van der Waals surface area contributed by atoms with Crippen molar-refractivity contribution in [2.45, 2.75) is 13.5 Å². The van der Waals surface area contributed by atoms with Crippen LogP contribution < -0.4 is 15.0 Å². The maximum absolute atomic E-state index is 13.3. The van der Waals surface area contributed by atoms with Crippen molar-refractivity contribution in [3.05, 3.63) is 97.4 Å². The Labute approximate surface area is 222 Å². The zero-order valence-electron chi connectivity index (χ0n) is 18.7. The van der Waals surface area contributed by atoms with Crippen molar-refractivity contribution in [2.75, 3.05) is 4.90 Å². The van der Waals surface area contributed by atoms with Gasteiger partial charge in [-0.25, -0.2) is 14.5 Å². The summed E-state index contributed by atoms with van der Waals surface area (Å²) in [6.07, 6.45) is 1.37. The van der Waals surface area contributed by atoms with Gasteiger partial charge in [0.15, 0.2) is 0 Å². The first-order valence-electron chi connectivity index (χ1n) is 10.6. The number of barbiturate groups is 1. The monoisotopic (exact) mass is 612 g/mol. The highest BCUT2D eigenvalue weighted by atomic mass is 79.9. The van der Waals surface area contributed by atoms with Gasteiger partial charge in [0, 0.05) is 14.5 Å². The summed E-state index contributed by atoms with van der Waals surface area (Å²) in [5.74, 6) is -2.21. The number of carboxylic acids is 1. The van der Waals surface area contributed by atoms with E-state index in [9.17, 15) is 19.2 Å². The van der Waals surface area contributed by atoms with Crippen molar-refractivity contribution in [3.8, 4) is 5.75 Å². The largest absolute Gasteiger partial charge is 0.488 e. The fourth-order valence-corrected chi connectivity index (χ4v) is 4.11. The first-order chi connectivity index (χ1) is 17.1. The second kappa shape index (κ2) is 10.5. The van der Waals surface area contributed by atoms with Crippen LogP contribution in [0.5, 0.6) is 5.75 Å². The molecule has 0 radical (unpaired) electrons. The van der Waals surface area contributed by atoms with Gasteiger partial charge in [-0.15, -0.1) is 0 Å². The molecule has 0 aromatic heterocycles. The summed E-state index contributed by atoms with van der Waals surface area (Å²) in [7, 11) is 0. The predicted octanol–water partition coefficient (Wildman–Crippen LogP) is 5.46. The van der Waals surface area contributed by atoms with E-state index in [1.165, 1.54) is 18.2 Å². The van der Waals surface area contributed by atoms with Crippen LogP contribution in [-0.2, 0) is 16.2 Å². The minimum atomic E-state index is -1.02. The lowest BCUT2D eigenvalue weighted by Gasteiger charge is -2.27. The maximum atomic E-state index is 13.3. The number of anilines is 1. The van der Waals surface area contributed by atoms with Gasteiger partial charge in [0.2, 0.25) is 0 Å². The lowest BCUT2D eigenvalue weighted by Crippen LogP contribution is -2.54. The number of aromatic carboxylic acids is 1. The molecule has 4 rings (SSSR count). The molecular weight excluding hydrogens is 596 g/mol. The molecule has 182 valence electrons. The highest BCUT2D eigenvalue weighted by Crippen LogP contribution is 2.30. The molecule has 10 heteroatoms. The Morgan fingerprint density at radius 3 is 2.42 bits per heavy atom. The van der Waals surface area contributed by atoms with E-state index >= 15 is 0 Å². The number of benzene rings is 3. The number of nitrogens with one attached hydrogen (secondary N) is 1. The Bertz CT molecular complexity index is 1430. The zero-order valence-corrected chi connectivity index (χ0v) is 21.9. The molecule has 0 saturated carbocycles. The minimum absolute atomic E-state index is 0.126. The van der Waals surface area contributed by atoms with Crippen LogP contribution in [0.1, 0.15) is 27.0 Å². The number of aryl methyl sites for hydroxylation is 1. The highest BCUT2D eigenvalue weighted by molar-refractivity contribution is 9.10. The van der Waals surface area contributed by atoms with Gasteiger partial charge in [-0.05, 0) is 72.7 Å². The number of hydrogen-bond donors (Lipinski definition) is 2. The number of urea groups is 1. The normalized spacial score (nSPS) is 14.7. The lowest BCUT2D eigenvalue weighted by atomic mass is 10.1. The van der Waals surface area contributed by atoms with Crippen LogP contribution in [0.3, 0.4) is 0 Å². The number of carbonyl (C=O) groups excluding carboxylic acids is 3. The molecule has 0 aliphatic carbocycles. The van der Waals surface area contributed by atoms with E-state index in [1.54, 1.807) is 48.5 Å². The number of halogens is 2. The number of rotatable bonds is 6. The van der Waals surface area contributed by atoms with Crippen molar-refractivity contribution in [2.24, 2.45) is 0 Å². The minimum Gasteiger partial charge on any atom is -0.488 e. The molecule has 36 heavy (non-hydrogen) atoms. The molecule has 1 fully saturated rings. The summed E-state index contributed by atoms with van der Waals surface area (Å²) < 4.78 is 7.41. The van der Waals surface area contributed by atoms with Gasteiger partial charge in [-0.1, -0.05) is 44.0 Å². The Morgan fingerprint density at radius 2 is 1.75 bits per heavy atom. The number of imide groups is 2. The third-order valence-electron chi connectivity index (χ3n) is 5.37. The van der Waals surface area contributed by atoms with Gasteiger partial charge in [0.1, 0.15) is 17.9 Å². The van der Waals surface area contributed by atoms with Crippen LogP contribution in [-0.4, -0.2) is 28.9 Å². The van der Waals surface area contributed by atoms with Crippen LogP contribution >= 0.6 is 31.9 Å². The van der Waals surface area contributed by atoms with Crippen molar-refractivity contribution in [3.63, 3.8) is 0 Å². The molecule has 0 bridgehead atoms. The molecule has 2 N–H and O–H groups in total. The average Bonchev–Trinajstić information content (AvgIpc) is 2.83. The van der Waals surface area contributed by atoms with Crippen molar-refractivity contribution in [1.29, 1.82) is 0 Å². The van der Waals surface area contributed by atoms with Gasteiger partial charge in [0.05, 0.1) is 11.3 Å². The Kier molecular flexibility index (Phi) is 7.37. The first kappa shape index (κ1) is 25.3. The van der Waals surface area contributed by atoms with Gasteiger partial charge in [0.25, 0.3) is 11.8 Å². The van der Waals surface area contributed by atoms with Gasteiger partial charge < -0.3 is 9.84 Å². The fourth-order valence-electron chi connectivity index (χ4n) is 3.48. The van der Waals surface area contributed by atoms with Crippen LogP contribution in [0.4, 0.5) is 10.5 Å². The Balaban J connectivity index is 1.64. The SMILES string of the molecule is Cc1cc(N2C(=O)NC(=O)/C(=C\c3cc(Br)ccc3OCc3ccc(C(=O)O)cc3)C2=O)ccc1Br. The second-order valence-electron chi connectivity index (χ2n) is 7.86. The van der Waals surface area contributed by atoms with E-state index in [1.807, 2.05) is 6.92 Å². The third kappa shape index (κ3) is 5.39. The smallest absolute Gasteiger partial charge is 0.335 e. The van der Waals surface area contributed by atoms with Crippen molar-refractivity contribution < 1.29 is 29.0 Å². The Hall–Kier alpha value is -3.76. The van der Waals surface area contributed by atoms with Crippen molar-refractivity contribution in [1.82, 2.24) is 5.32 Å². The number of nitrogens with zero attached hydrogens (tertiary/aromatic N) is 1. The number of amides is 4. The summed E-state index contributed by atoms with van der Waals surface area (Å²) in [5.41, 5.74) is 2.24. The van der Waals surface area contributed by atoms with Gasteiger partial charge >= 0.3 is 12.0 Å². The molecule has 1 heterocycles. The number of carboxylic acid groups (broad SMARTS) is 1. The van der Waals surface area contributed by atoms with Crippen LogP contribution in [0, 0.1) is 6.92 Å². The van der Waals surface area contributed by atoms with E-state index in [4.69, 9.17) is 9.84 Å². The van der Waals surface area contributed by atoms with Crippen LogP contribution in [0.25, 0.3) is 6.08 Å². The molecule has 0 unspecified atom stereocenters. The zero-order chi connectivity index (χ0) is 26.0. The summed E-state index contributed by atoms with van der Waals surface area (Å²) in [6, 6.07) is 15.5. The predicted molar refractivity (Wildman–Crippen MR) is 140 cm³/mol. The molecule has 3 aromatic carbocycles. The second-order valence-corrected chi connectivity index (χ2v) is 9.63. The summed E-state index contributed by atoms with van der Waals surface area (Å²) in [6.45, 7) is 1.95. The topological polar surface area (TPSA) is 113 Å². The molecule has 0 atom stereocenters. The molecule has 4 amide bonds. The number of hydrogen-bond acceptors (Lipinski definition) is 5. The van der Waals surface area contributed by atoms with Crippen molar-refractivity contribution >= 4 is 67.4 Å². The molecular formula is C26H18Br2N2O6. The molecule has 0 spiro atoms. The first-order valence-corrected chi connectivity index (χ1v) is 12.1. The summed E-state index contributed by atoms with van der Waals surface area (Å²) >= 11 is 6.78. The number of carbonyl (C=O) groups is 4.